The van der Waals surface area contributed by atoms with Crippen LogP contribution in [0.25, 0.3) is 0 Å². The van der Waals surface area contributed by atoms with Crippen molar-refractivity contribution in [3.8, 4) is 17.4 Å². The Kier molecular flexibility index (Phi) is 6.50. The van der Waals surface area contributed by atoms with E-state index in [1.165, 1.54) is 33.5 Å². The van der Waals surface area contributed by atoms with Gasteiger partial charge in [0.05, 0.1) is 34.1 Å². The number of carbonyl (C=O) groups is 1. The molecule has 0 aliphatic heterocycles. The summed E-state index contributed by atoms with van der Waals surface area (Å²) in [5.41, 5.74) is 0.488. The first-order chi connectivity index (χ1) is 12.7. The maximum absolute atomic E-state index is 12.9. The number of pyridine rings is 1. The van der Waals surface area contributed by atoms with Crippen molar-refractivity contribution >= 4 is 27.5 Å². The molecule has 1 aromatic carbocycles. The van der Waals surface area contributed by atoms with Gasteiger partial charge in [-0.2, -0.15) is 0 Å². The Hall–Kier alpha value is -2.52. The van der Waals surface area contributed by atoms with E-state index < -0.39 is 15.9 Å². The van der Waals surface area contributed by atoms with Gasteiger partial charge in [-0.3, -0.25) is 4.79 Å². The largest absolute Gasteiger partial charge is 0.493 e. The quantitative estimate of drug-likeness (QED) is 0.642. The fourth-order valence-electron chi connectivity index (χ4n) is 2.42. The minimum absolute atomic E-state index is 0.00473. The molecule has 0 aliphatic carbocycles. The molecule has 0 N–H and O–H groups in total. The second kappa shape index (κ2) is 8.45. The van der Waals surface area contributed by atoms with Gasteiger partial charge in [0.1, 0.15) is 5.15 Å². The molecule has 0 aliphatic rings. The van der Waals surface area contributed by atoms with Crippen LogP contribution in [0.2, 0.25) is 5.15 Å². The SMILES string of the molecule is COc1cc(C(=O)N(Cc2cccc(OC)c2OC)S(C)(=O)=O)cc(Cl)n1. The summed E-state index contributed by atoms with van der Waals surface area (Å²) in [5, 5.41) is 0.00473. The van der Waals surface area contributed by atoms with Gasteiger partial charge in [0, 0.05) is 17.2 Å². The molecule has 8 nitrogen and oxygen atoms in total. The highest BCUT2D eigenvalue weighted by molar-refractivity contribution is 7.88. The third-order valence-electron chi connectivity index (χ3n) is 3.65. The molecule has 146 valence electrons. The van der Waals surface area contributed by atoms with E-state index in [4.69, 9.17) is 25.8 Å². The van der Waals surface area contributed by atoms with Gasteiger partial charge in [-0.1, -0.05) is 23.7 Å². The molecule has 0 spiro atoms. The Morgan fingerprint density at radius 1 is 1.15 bits per heavy atom. The number of amides is 1. The fourth-order valence-corrected chi connectivity index (χ4v) is 3.40. The van der Waals surface area contributed by atoms with Crippen molar-refractivity contribution in [3.05, 3.63) is 46.6 Å². The third-order valence-corrected chi connectivity index (χ3v) is 4.94. The predicted molar refractivity (Wildman–Crippen MR) is 100 cm³/mol. The van der Waals surface area contributed by atoms with Crippen LogP contribution in [0, 0.1) is 0 Å². The lowest BCUT2D eigenvalue weighted by Crippen LogP contribution is -2.35. The van der Waals surface area contributed by atoms with Gasteiger partial charge >= 0.3 is 0 Å². The molecular weight excluding hydrogens is 396 g/mol. The summed E-state index contributed by atoms with van der Waals surface area (Å²) >= 11 is 5.89. The average molecular weight is 415 g/mol. The summed E-state index contributed by atoms with van der Waals surface area (Å²) in [6.07, 6.45) is 0.942. The first kappa shape index (κ1) is 20.8. The minimum atomic E-state index is -3.90. The zero-order valence-electron chi connectivity index (χ0n) is 15.2. The number of carbonyl (C=O) groups excluding carboxylic acids is 1. The number of halogens is 1. The molecule has 0 atom stereocenters. The lowest BCUT2D eigenvalue weighted by Gasteiger charge is -2.22. The standard InChI is InChI=1S/C17H19ClN2O6S/c1-24-13-7-5-6-11(16(13)26-3)10-20(27(4,22)23)17(21)12-8-14(18)19-15(9-12)25-2/h5-9H,10H2,1-4H3. The van der Waals surface area contributed by atoms with Crippen LogP contribution in [0.1, 0.15) is 15.9 Å². The second-order valence-corrected chi connectivity index (χ2v) is 7.74. The van der Waals surface area contributed by atoms with Crippen LogP contribution in [0.15, 0.2) is 30.3 Å². The molecule has 0 radical (unpaired) electrons. The summed E-state index contributed by atoms with van der Waals surface area (Å²) in [5.74, 6) is 0.0829. The molecule has 0 saturated carbocycles. The molecular formula is C17H19ClN2O6S. The summed E-state index contributed by atoms with van der Waals surface area (Å²) < 4.78 is 40.8. The zero-order chi connectivity index (χ0) is 20.2. The first-order valence-corrected chi connectivity index (χ1v) is 9.87. The Morgan fingerprint density at radius 2 is 1.85 bits per heavy atom. The summed E-state index contributed by atoms with van der Waals surface area (Å²) in [6.45, 7) is -0.250. The van der Waals surface area contributed by atoms with Crippen molar-refractivity contribution in [2.24, 2.45) is 0 Å². The number of ether oxygens (including phenoxy) is 3. The zero-order valence-corrected chi connectivity index (χ0v) is 16.8. The van der Waals surface area contributed by atoms with Crippen molar-refractivity contribution in [1.29, 1.82) is 0 Å². The van der Waals surface area contributed by atoms with Crippen LogP contribution in [0.3, 0.4) is 0 Å². The van der Waals surface area contributed by atoms with Crippen molar-refractivity contribution in [2.45, 2.75) is 6.54 Å². The molecule has 2 rings (SSSR count). The van der Waals surface area contributed by atoms with Crippen LogP contribution < -0.4 is 14.2 Å². The molecule has 0 saturated heterocycles. The molecule has 0 fully saturated rings. The van der Waals surface area contributed by atoms with E-state index in [1.807, 2.05) is 0 Å². The van der Waals surface area contributed by atoms with Crippen LogP contribution in [0.4, 0.5) is 0 Å². The van der Waals surface area contributed by atoms with E-state index >= 15 is 0 Å². The monoisotopic (exact) mass is 414 g/mol. The molecule has 1 heterocycles. The molecule has 10 heteroatoms. The second-order valence-electron chi connectivity index (χ2n) is 5.45. The van der Waals surface area contributed by atoms with Gasteiger partial charge in [0.25, 0.3) is 5.91 Å². The maximum Gasteiger partial charge on any atom is 0.267 e. The van der Waals surface area contributed by atoms with Gasteiger partial charge in [-0.25, -0.2) is 17.7 Å². The maximum atomic E-state index is 12.9. The Morgan fingerprint density at radius 3 is 2.41 bits per heavy atom. The van der Waals surface area contributed by atoms with Crippen LogP contribution >= 0.6 is 11.6 Å². The predicted octanol–water partition coefficient (Wildman–Crippen LogP) is 2.36. The highest BCUT2D eigenvalue weighted by Crippen LogP contribution is 2.32. The Labute approximate surface area is 162 Å². The number of benzene rings is 1. The summed E-state index contributed by atoms with van der Waals surface area (Å²) in [6, 6.07) is 7.58. The number of hydrogen-bond acceptors (Lipinski definition) is 7. The van der Waals surface area contributed by atoms with Gasteiger partial charge in [0.2, 0.25) is 15.9 Å². The number of nitrogens with zero attached hydrogens (tertiary/aromatic N) is 2. The summed E-state index contributed by atoms with van der Waals surface area (Å²) in [4.78, 5) is 16.8. The van der Waals surface area contributed by atoms with Crippen LogP contribution in [0.5, 0.6) is 17.4 Å². The molecule has 27 heavy (non-hydrogen) atoms. The number of para-hydroxylation sites is 1. The number of hydrogen-bond donors (Lipinski definition) is 0. The normalized spacial score (nSPS) is 11.0. The minimum Gasteiger partial charge on any atom is -0.493 e. The topological polar surface area (TPSA) is 95.0 Å². The first-order valence-electron chi connectivity index (χ1n) is 7.64. The molecule has 0 unspecified atom stereocenters. The lowest BCUT2D eigenvalue weighted by atomic mass is 10.1. The van der Waals surface area contributed by atoms with Crippen molar-refractivity contribution in [1.82, 2.24) is 9.29 Å². The van der Waals surface area contributed by atoms with Gasteiger partial charge in [0.15, 0.2) is 11.5 Å². The van der Waals surface area contributed by atoms with E-state index in [2.05, 4.69) is 4.98 Å². The van der Waals surface area contributed by atoms with Gasteiger partial charge in [-0.05, 0) is 12.1 Å². The van der Waals surface area contributed by atoms with Gasteiger partial charge < -0.3 is 14.2 Å². The molecule has 0 bridgehead atoms. The van der Waals surface area contributed by atoms with E-state index in [0.29, 0.717) is 17.1 Å². The van der Waals surface area contributed by atoms with Crippen molar-refractivity contribution in [2.75, 3.05) is 27.6 Å². The summed E-state index contributed by atoms with van der Waals surface area (Å²) in [7, 11) is 0.356. The molecule has 1 amide bonds. The number of sulfonamides is 1. The highest BCUT2D eigenvalue weighted by Gasteiger charge is 2.27. The Balaban J connectivity index is 2.49. The van der Waals surface area contributed by atoms with E-state index in [0.717, 1.165) is 10.6 Å². The fraction of sp³-hybridized carbons (Fsp3) is 0.294. The Bertz CT molecular complexity index is 948. The van der Waals surface area contributed by atoms with Crippen LogP contribution in [-0.4, -0.2) is 51.2 Å². The number of methoxy groups -OCH3 is 3. The third kappa shape index (κ3) is 4.81. The van der Waals surface area contributed by atoms with E-state index in [-0.39, 0.29) is 23.1 Å². The van der Waals surface area contributed by atoms with Crippen LogP contribution in [-0.2, 0) is 16.6 Å². The lowest BCUT2D eigenvalue weighted by molar-refractivity contribution is 0.0854. The average Bonchev–Trinajstić information content (AvgIpc) is 2.63. The molecule has 1 aromatic heterocycles. The van der Waals surface area contributed by atoms with Crippen molar-refractivity contribution in [3.63, 3.8) is 0 Å². The number of rotatable bonds is 7. The van der Waals surface area contributed by atoms with E-state index in [9.17, 15) is 13.2 Å². The van der Waals surface area contributed by atoms with Gasteiger partial charge in [-0.15, -0.1) is 0 Å². The number of aromatic nitrogens is 1. The molecule has 2 aromatic rings. The van der Waals surface area contributed by atoms with E-state index in [1.54, 1.807) is 18.2 Å². The highest BCUT2D eigenvalue weighted by atomic mass is 35.5. The smallest absolute Gasteiger partial charge is 0.267 e. The van der Waals surface area contributed by atoms with Crippen molar-refractivity contribution < 1.29 is 27.4 Å².